The minimum absolute atomic E-state index is 0.108. The average Bonchev–Trinajstić information content (AvgIpc) is 3.28. The molecule has 6 nitrogen and oxygen atoms in total. The summed E-state index contributed by atoms with van der Waals surface area (Å²) in [5, 5.41) is 0. The van der Waals surface area contributed by atoms with Gasteiger partial charge in [0.1, 0.15) is 5.75 Å². The van der Waals surface area contributed by atoms with Crippen molar-refractivity contribution < 1.29 is 14.2 Å². The molecular weight excluding hydrogens is 392 g/mol. The lowest BCUT2D eigenvalue weighted by molar-refractivity contribution is 0.0364. The predicted molar refractivity (Wildman–Crippen MR) is 120 cm³/mol. The summed E-state index contributed by atoms with van der Waals surface area (Å²) >= 11 is 0. The lowest BCUT2D eigenvalue weighted by Gasteiger charge is -2.29. The van der Waals surface area contributed by atoms with Crippen LogP contribution in [0.25, 0.3) is 11.1 Å². The largest absolute Gasteiger partial charge is 0.496 e. The van der Waals surface area contributed by atoms with E-state index in [1.54, 1.807) is 7.11 Å². The van der Waals surface area contributed by atoms with Crippen molar-refractivity contribution >= 4 is 0 Å². The molecule has 31 heavy (non-hydrogen) atoms. The third kappa shape index (κ3) is 4.04. The molecule has 0 spiro atoms. The van der Waals surface area contributed by atoms with E-state index in [4.69, 9.17) is 14.2 Å². The van der Waals surface area contributed by atoms with E-state index in [9.17, 15) is 4.79 Å². The van der Waals surface area contributed by atoms with Crippen molar-refractivity contribution in [1.29, 1.82) is 0 Å². The number of benzene rings is 1. The molecule has 2 aliphatic heterocycles. The molecule has 1 aliphatic carbocycles. The summed E-state index contributed by atoms with van der Waals surface area (Å²) in [6, 6.07) is 8.45. The molecule has 2 saturated heterocycles. The van der Waals surface area contributed by atoms with Crippen LogP contribution >= 0.6 is 0 Å². The van der Waals surface area contributed by atoms with Gasteiger partial charge in [-0.15, -0.1) is 0 Å². The maximum Gasteiger partial charge on any atom is 0.259 e. The van der Waals surface area contributed by atoms with E-state index in [-0.39, 0.29) is 11.6 Å². The number of morpholine rings is 1. The topological polar surface area (TPSA) is 52.9 Å². The van der Waals surface area contributed by atoms with Crippen molar-refractivity contribution in [1.82, 2.24) is 9.47 Å². The zero-order valence-electron chi connectivity index (χ0n) is 18.3. The van der Waals surface area contributed by atoms with Gasteiger partial charge < -0.3 is 18.8 Å². The number of hydrogen-bond acceptors (Lipinski definition) is 5. The van der Waals surface area contributed by atoms with Gasteiger partial charge in [0.15, 0.2) is 0 Å². The van der Waals surface area contributed by atoms with Crippen molar-refractivity contribution in [3.05, 3.63) is 51.9 Å². The first-order valence-corrected chi connectivity index (χ1v) is 11.6. The number of rotatable bonds is 5. The molecule has 6 heteroatoms. The van der Waals surface area contributed by atoms with E-state index in [0.29, 0.717) is 12.5 Å². The summed E-state index contributed by atoms with van der Waals surface area (Å²) in [5.41, 5.74) is 4.38. The summed E-state index contributed by atoms with van der Waals surface area (Å²) in [6.45, 7) is 6.03. The first-order valence-electron chi connectivity index (χ1n) is 11.6. The van der Waals surface area contributed by atoms with Crippen LogP contribution in [0.5, 0.6) is 5.75 Å². The van der Waals surface area contributed by atoms with Gasteiger partial charge in [0.2, 0.25) is 0 Å². The van der Waals surface area contributed by atoms with Crippen LogP contribution in [0.3, 0.4) is 0 Å². The Hall–Kier alpha value is -2.15. The fraction of sp³-hybridized carbons (Fsp3) is 0.560. The Kier molecular flexibility index (Phi) is 6.12. The standard InChI is InChI=1S/C25H32N2O4/c1-29-22-4-2-3-21-23(22)18(7-10-26-12-15-30-16-13-26)5-6-19-8-11-27(25(28)24(19)21)20-9-14-31-17-20/h2-4,8,11,18,20H,5-7,9-10,12-17H2,1H3. The van der Waals surface area contributed by atoms with Gasteiger partial charge >= 0.3 is 0 Å². The zero-order chi connectivity index (χ0) is 21.2. The maximum atomic E-state index is 13.7. The zero-order valence-corrected chi connectivity index (χ0v) is 18.3. The molecule has 1 aromatic heterocycles. The first-order chi connectivity index (χ1) is 15.3. The third-order valence-corrected chi connectivity index (χ3v) is 7.13. The van der Waals surface area contributed by atoms with Crippen molar-refractivity contribution in [2.45, 2.75) is 37.6 Å². The van der Waals surface area contributed by atoms with Gasteiger partial charge in [-0.05, 0) is 61.4 Å². The maximum absolute atomic E-state index is 13.7. The Bertz CT molecular complexity index is 974. The second-order valence-electron chi connectivity index (χ2n) is 8.85. The Labute approximate surface area is 183 Å². The molecule has 0 radical (unpaired) electrons. The quantitative estimate of drug-likeness (QED) is 0.738. The van der Waals surface area contributed by atoms with E-state index in [1.165, 1.54) is 5.56 Å². The normalized spacial score (nSPS) is 23.8. The number of hydrogen-bond donors (Lipinski definition) is 0. The molecule has 1 aromatic carbocycles. The average molecular weight is 425 g/mol. The van der Waals surface area contributed by atoms with Crippen LogP contribution in [0.15, 0.2) is 35.3 Å². The predicted octanol–water partition coefficient (Wildman–Crippen LogP) is 3.24. The molecule has 2 aromatic rings. The van der Waals surface area contributed by atoms with Crippen LogP contribution in [-0.2, 0) is 15.9 Å². The van der Waals surface area contributed by atoms with E-state index < -0.39 is 0 Å². The van der Waals surface area contributed by atoms with E-state index in [2.05, 4.69) is 17.0 Å². The number of ether oxygens (including phenoxy) is 3. The monoisotopic (exact) mass is 424 g/mol. The SMILES string of the molecule is COc1cccc2c1C(CCN1CCOCC1)CCc1ccn(C3CCOC3)c(=O)c1-2. The molecule has 2 atom stereocenters. The summed E-state index contributed by atoms with van der Waals surface area (Å²) in [4.78, 5) is 16.2. The highest BCUT2D eigenvalue weighted by atomic mass is 16.5. The molecule has 0 N–H and O–H groups in total. The second-order valence-corrected chi connectivity index (χ2v) is 8.85. The minimum Gasteiger partial charge on any atom is -0.496 e. The smallest absolute Gasteiger partial charge is 0.259 e. The molecule has 2 unspecified atom stereocenters. The molecule has 0 bridgehead atoms. The molecule has 0 amide bonds. The van der Waals surface area contributed by atoms with Crippen LogP contribution < -0.4 is 10.3 Å². The number of pyridine rings is 1. The molecular formula is C25H32N2O4. The van der Waals surface area contributed by atoms with E-state index in [1.807, 2.05) is 22.9 Å². The highest BCUT2D eigenvalue weighted by molar-refractivity contribution is 5.74. The van der Waals surface area contributed by atoms with E-state index in [0.717, 1.165) is 87.6 Å². The number of nitrogens with zero attached hydrogens (tertiary/aromatic N) is 2. The van der Waals surface area contributed by atoms with Gasteiger partial charge in [0, 0.05) is 31.5 Å². The van der Waals surface area contributed by atoms with Gasteiger partial charge in [0.05, 0.1) is 38.5 Å². The van der Waals surface area contributed by atoms with Gasteiger partial charge in [-0.1, -0.05) is 12.1 Å². The number of aromatic nitrogens is 1. The Balaban J connectivity index is 1.54. The highest BCUT2D eigenvalue weighted by Gasteiger charge is 2.29. The van der Waals surface area contributed by atoms with Crippen LogP contribution in [0.1, 0.15) is 42.3 Å². The summed E-state index contributed by atoms with van der Waals surface area (Å²) < 4.78 is 18.8. The van der Waals surface area contributed by atoms with Crippen LogP contribution in [0.2, 0.25) is 0 Å². The summed E-state index contributed by atoms with van der Waals surface area (Å²) in [7, 11) is 1.74. The van der Waals surface area contributed by atoms with Crippen molar-refractivity contribution in [2.75, 3.05) is 53.2 Å². The van der Waals surface area contributed by atoms with E-state index >= 15 is 0 Å². The highest BCUT2D eigenvalue weighted by Crippen LogP contribution is 2.43. The van der Waals surface area contributed by atoms with Crippen LogP contribution in [0, 0.1) is 0 Å². The number of methoxy groups -OCH3 is 1. The first kappa shape index (κ1) is 20.7. The lowest BCUT2D eigenvalue weighted by Crippen LogP contribution is -2.37. The fourth-order valence-corrected chi connectivity index (χ4v) is 5.40. The van der Waals surface area contributed by atoms with Crippen LogP contribution in [-0.4, -0.2) is 62.6 Å². The van der Waals surface area contributed by atoms with Crippen molar-refractivity contribution in [2.24, 2.45) is 0 Å². The second kappa shape index (κ2) is 9.15. The number of aryl methyl sites for hydroxylation is 1. The van der Waals surface area contributed by atoms with Crippen molar-refractivity contribution in [3.8, 4) is 16.9 Å². The molecule has 3 aliphatic rings. The Morgan fingerprint density at radius 3 is 2.74 bits per heavy atom. The van der Waals surface area contributed by atoms with Gasteiger partial charge in [0.25, 0.3) is 5.56 Å². The Morgan fingerprint density at radius 2 is 1.97 bits per heavy atom. The molecule has 166 valence electrons. The third-order valence-electron chi connectivity index (χ3n) is 7.13. The molecule has 0 saturated carbocycles. The van der Waals surface area contributed by atoms with Crippen LogP contribution in [0.4, 0.5) is 0 Å². The van der Waals surface area contributed by atoms with Gasteiger partial charge in [-0.3, -0.25) is 9.69 Å². The summed E-state index contributed by atoms with van der Waals surface area (Å²) in [6.07, 6.45) is 5.88. The minimum atomic E-state index is 0.108. The summed E-state index contributed by atoms with van der Waals surface area (Å²) in [5.74, 6) is 1.26. The molecule has 3 heterocycles. The lowest BCUT2D eigenvalue weighted by atomic mass is 9.88. The molecule has 5 rings (SSSR count). The fourth-order valence-electron chi connectivity index (χ4n) is 5.40. The Morgan fingerprint density at radius 1 is 1.10 bits per heavy atom. The van der Waals surface area contributed by atoms with Crippen molar-refractivity contribution in [3.63, 3.8) is 0 Å². The van der Waals surface area contributed by atoms with Gasteiger partial charge in [-0.25, -0.2) is 0 Å². The molecule has 2 fully saturated rings. The number of fused-ring (bicyclic) bond motifs is 3. The van der Waals surface area contributed by atoms with Gasteiger partial charge in [-0.2, -0.15) is 0 Å².